The van der Waals surface area contributed by atoms with Crippen LogP contribution in [0.5, 0.6) is 0 Å². The summed E-state index contributed by atoms with van der Waals surface area (Å²) >= 11 is 0. The van der Waals surface area contributed by atoms with Crippen LogP contribution in [-0.4, -0.2) is 22.1 Å². The lowest BCUT2D eigenvalue weighted by Crippen LogP contribution is -2.38. The summed E-state index contributed by atoms with van der Waals surface area (Å²) in [5, 5.41) is 9.04. The molecule has 0 aliphatic carbocycles. The molecule has 16 heavy (non-hydrogen) atoms. The van der Waals surface area contributed by atoms with Crippen LogP contribution in [0.25, 0.3) is 0 Å². The van der Waals surface area contributed by atoms with E-state index in [4.69, 9.17) is 5.26 Å². The van der Waals surface area contributed by atoms with E-state index in [0.717, 1.165) is 18.7 Å². The SMILES string of the molecule is N#Cc1nccnc1N1C2C=CCC1CC2. The van der Waals surface area contributed by atoms with Crippen molar-refractivity contribution < 1.29 is 0 Å². The molecular formula is C12H12N4. The molecule has 1 fully saturated rings. The van der Waals surface area contributed by atoms with Crippen LogP contribution in [0.2, 0.25) is 0 Å². The van der Waals surface area contributed by atoms with Crippen molar-refractivity contribution in [3.8, 4) is 6.07 Å². The van der Waals surface area contributed by atoms with Gasteiger partial charge in [-0.3, -0.25) is 0 Å². The van der Waals surface area contributed by atoms with Crippen LogP contribution >= 0.6 is 0 Å². The summed E-state index contributed by atoms with van der Waals surface area (Å²) in [4.78, 5) is 10.7. The lowest BCUT2D eigenvalue weighted by molar-refractivity contribution is 0.638. The van der Waals surface area contributed by atoms with Crippen molar-refractivity contribution in [2.24, 2.45) is 0 Å². The van der Waals surface area contributed by atoms with Crippen molar-refractivity contribution in [3.05, 3.63) is 30.2 Å². The van der Waals surface area contributed by atoms with Gasteiger partial charge in [0.25, 0.3) is 0 Å². The fourth-order valence-electron chi connectivity index (χ4n) is 2.65. The van der Waals surface area contributed by atoms with Gasteiger partial charge in [0, 0.05) is 24.5 Å². The van der Waals surface area contributed by atoms with E-state index in [9.17, 15) is 0 Å². The first-order valence-electron chi connectivity index (χ1n) is 5.56. The second-order valence-electron chi connectivity index (χ2n) is 4.21. The maximum atomic E-state index is 9.04. The third-order valence-electron chi connectivity index (χ3n) is 3.34. The molecule has 2 aliphatic heterocycles. The quantitative estimate of drug-likeness (QED) is 0.664. The van der Waals surface area contributed by atoms with Gasteiger partial charge in [-0.05, 0) is 19.3 Å². The van der Waals surface area contributed by atoms with Gasteiger partial charge in [0.2, 0.25) is 0 Å². The highest BCUT2D eigenvalue weighted by Gasteiger charge is 2.35. The molecule has 0 aromatic carbocycles. The number of fused-ring (bicyclic) bond motifs is 2. The topological polar surface area (TPSA) is 52.8 Å². The van der Waals surface area contributed by atoms with Crippen molar-refractivity contribution in [1.29, 1.82) is 5.26 Å². The molecular weight excluding hydrogens is 200 g/mol. The zero-order chi connectivity index (χ0) is 11.0. The van der Waals surface area contributed by atoms with Crippen LogP contribution in [0, 0.1) is 11.3 Å². The highest BCUT2D eigenvalue weighted by molar-refractivity contribution is 5.54. The summed E-state index contributed by atoms with van der Waals surface area (Å²) < 4.78 is 0. The van der Waals surface area contributed by atoms with Gasteiger partial charge in [-0.2, -0.15) is 5.26 Å². The number of aromatic nitrogens is 2. The smallest absolute Gasteiger partial charge is 0.183 e. The molecule has 80 valence electrons. The number of anilines is 1. The molecule has 0 amide bonds. The molecule has 2 atom stereocenters. The van der Waals surface area contributed by atoms with E-state index in [1.165, 1.54) is 6.42 Å². The standard InChI is InChI=1S/C12H12N4/c13-8-11-12(15-7-6-14-11)16-9-2-1-3-10(16)5-4-9/h1-2,6-7,9-10H,3-5H2. The van der Waals surface area contributed by atoms with E-state index in [0.29, 0.717) is 17.8 Å². The van der Waals surface area contributed by atoms with Crippen LogP contribution in [0.15, 0.2) is 24.5 Å². The van der Waals surface area contributed by atoms with Gasteiger partial charge in [0.1, 0.15) is 6.07 Å². The summed E-state index contributed by atoms with van der Waals surface area (Å²) in [6.07, 6.45) is 11.1. The van der Waals surface area contributed by atoms with Crippen molar-refractivity contribution in [2.75, 3.05) is 4.90 Å². The van der Waals surface area contributed by atoms with E-state index in [-0.39, 0.29) is 0 Å². The minimum absolute atomic E-state index is 0.405. The van der Waals surface area contributed by atoms with Gasteiger partial charge in [-0.25, -0.2) is 9.97 Å². The number of hydrogen-bond donors (Lipinski definition) is 0. The zero-order valence-electron chi connectivity index (χ0n) is 8.87. The summed E-state index contributed by atoms with van der Waals surface area (Å²) in [7, 11) is 0. The molecule has 1 aromatic rings. The van der Waals surface area contributed by atoms with Crippen molar-refractivity contribution >= 4 is 5.82 Å². The third kappa shape index (κ3) is 1.28. The van der Waals surface area contributed by atoms with E-state index in [1.807, 2.05) is 0 Å². The maximum Gasteiger partial charge on any atom is 0.183 e. The Morgan fingerprint density at radius 2 is 2.19 bits per heavy atom. The number of nitriles is 1. The van der Waals surface area contributed by atoms with Crippen LogP contribution in [0.1, 0.15) is 25.0 Å². The van der Waals surface area contributed by atoms with Crippen molar-refractivity contribution in [3.63, 3.8) is 0 Å². The lowest BCUT2D eigenvalue weighted by atomic mass is 10.1. The Balaban J connectivity index is 2.05. The predicted octanol–water partition coefficient (Wildman–Crippen LogP) is 1.65. The average Bonchev–Trinajstić information content (AvgIpc) is 2.58. The van der Waals surface area contributed by atoms with Crippen molar-refractivity contribution in [2.45, 2.75) is 31.3 Å². The predicted molar refractivity (Wildman–Crippen MR) is 59.8 cm³/mol. The Bertz CT molecular complexity index is 474. The average molecular weight is 212 g/mol. The Labute approximate surface area is 94.2 Å². The zero-order valence-corrected chi connectivity index (χ0v) is 8.87. The van der Waals surface area contributed by atoms with Gasteiger partial charge in [0.05, 0.1) is 0 Å². The number of rotatable bonds is 1. The fourth-order valence-corrected chi connectivity index (χ4v) is 2.65. The van der Waals surface area contributed by atoms with Crippen LogP contribution < -0.4 is 4.90 Å². The molecule has 4 heteroatoms. The van der Waals surface area contributed by atoms with E-state index in [2.05, 4.69) is 33.1 Å². The lowest BCUT2D eigenvalue weighted by Gasteiger charge is -2.32. The minimum Gasteiger partial charge on any atom is -0.344 e. The normalized spacial score (nSPS) is 26.8. The van der Waals surface area contributed by atoms with E-state index >= 15 is 0 Å². The number of hydrogen-bond acceptors (Lipinski definition) is 4. The summed E-state index contributed by atoms with van der Waals surface area (Å²) in [6.45, 7) is 0. The molecule has 3 heterocycles. The first kappa shape index (κ1) is 9.34. The number of nitrogens with zero attached hydrogens (tertiary/aromatic N) is 4. The van der Waals surface area contributed by atoms with E-state index in [1.54, 1.807) is 12.4 Å². The van der Waals surface area contributed by atoms with Gasteiger partial charge in [-0.1, -0.05) is 12.2 Å². The molecule has 4 nitrogen and oxygen atoms in total. The van der Waals surface area contributed by atoms with Crippen molar-refractivity contribution in [1.82, 2.24) is 9.97 Å². The summed E-state index contributed by atoms with van der Waals surface area (Å²) in [5.41, 5.74) is 0.440. The maximum absolute atomic E-state index is 9.04. The summed E-state index contributed by atoms with van der Waals surface area (Å²) in [5.74, 6) is 0.752. The highest BCUT2D eigenvalue weighted by atomic mass is 15.3. The van der Waals surface area contributed by atoms with Gasteiger partial charge in [0.15, 0.2) is 11.5 Å². The third-order valence-corrected chi connectivity index (χ3v) is 3.34. The monoisotopic (exact) mass is 212 g/mol. The molecule has 2 aliphatic rings. The largest absolute Gasteiger partial charge is 0.344 e. The van der Waals surface area contributed by atoms with Gasteiger partial charge < -0.3 is 4.90 Å². The summed E-state index contributed by atoms with van der Waals surface area (Å²) in [6, 6.07) is 3.03. The first-order chi connectivity index (χ1) is 7.90. The molecule has 0 radical (unpaired) electrons. The minimum atomic E-state index is 0.405. The van der Waals surface area contributed by atoms with Gasteiger partial charge in [-0.15, -0.1) is 0 Å². The Morgan fingerprint density at radius 1 is 1.31 bits per heavy atom. The Kier molecular flexibility index (Phi) is 2.10. The molecule has 1 saturated heterocycles. The molecule has 0 saturated carbocycles. The molecule has 0 spiro atoms. The Hall–Kier alpha value is -1.89. The molecule has 3 rings (SSSR count). The first-order valence-corrected chi connectivity index (χ1v) is 5.56. The van der Waals surface area contributed by atoms with Gasteiger partial charge >= 0.3 is 0 Å². The molecule has 0 N–H and O–H groups in total. The van der Waals surface area contributed by atoms with E-state index < -0.39 is 0 Å². The fraction of sp³-hybridized carbons (Fsp3) is 0.417. The van der Waals surface area contributed by atoms with Crippen LogP contribution in [0.3, 0.4) is 0 Å². The second kappa shape index (κ2) is 3.60. The molecule has 2 unspecified atom stereocenters. The van der Waals surface area contributed by atoms with Crippen LogP contribution in [-0.2, 0) is 0 Å². The van der Waals surface area contributed by atoms with Crippen LogP contribution in [0.4, 0.5) is 5.82 Å². The second-order valence-corrected chi connectivity index (χ2v) is 4.21. The molecule has 2 bridgehead atoms. The highest BCUT2D eigenvalue weighted by Crippen LogP contribution is 2.35. The Morgan fingerprint density at radius 3 is 3.00 bits per heavy atom. The molecule has 1 aromatic heterocycles.